The maximum Gasteiger partial charge on any atom is 0.253 e. The number of anilines is 2. The van der Waals surface area contributed by atoms with E-state index in [2.05, 4.69) is 5.32 Å². The van der Waals surface area contributed by atoms with Crippen molar-refractivity contribution in [3.05, 3.63) is 65.4 Å². The van der Waals surface area contributed by atoms with Crippen LogP contribution in [0.1, 0.15) is 15.9 Å². The average molecular weight is 351 g/mol. The second kappa shape index (κ2) is 6.72. The van der Waals surface area contributed by atoms with Crippen LogP contribution in [-0.2, 0) is 0 Å². The predicted molar refractivity (Wildman–Crippen MR) is 101 cm³/mol. The normalized spacial score (nSPS) is 17.2. The van der Waals surface area contributed by atoms with Crippen molar-refractivity contribution in [3.63, 3.8) is 0 Å². The number of aliphatic hydroxyl groups excluding tert-OH is 2. The summed E-state index contributed by atoms with van der Waals surface area (Å²) >= 11 is 0. The van der Waals surface area contributed by atoms with E-state index in [1.54, 1.807) is 6.07 Å². The molecule has 0 saturated carbocycles. The molecule has 2 aliphatic heterocycles. The molecule has 1 fully saturated rings. The number of nitrogens with zero attached hydrogens (tertiary/aromatic N) is 2. The van der Waals surface area contributed by atoms with Crippen LogP contribution in [-0.4, -0.2) is 53.7 Å². The fourth-order valence-corrected chi connectivity index (χ4v) is 3.44. The first kappa shape index (κ1) is 16.5. The Bertz CT molecular complexity index is 855. The number of amides is 1. The molecule has 0 bridgehead atoms. The summed E-state index contributed by atoms with van der Waals surface area (Å²) in [6.07, 6.45) is 0. The molecule has 1 amide bonds. The Morgan fingerprint density at radius 3 is 2.38 bits per heavy atom. The predicted octanol–water partition coefficient (Wildman–Crippen LogP) is 2.67. The number of piperazine rings is 1. The van der Waals surface area contributed by atoms with Crippen LogP contribution in [0.3, 0.4) is 0 Å². The SMILES string of the molecule is O=C(c1ccc(N2CC(O)=C(O)c3ccccc32)cc1)N1CCNCC1. The van der Waals surface area contributed by atoms with Crippen molar-refractivity contribution in [2.45, 2.75) is 0 Å². The molecule has 134 valence electrons. The molecule has 1 saturated heterocycles. The van der Waals surface area contributed by atoms with E-state index in [0.29, 0.717) is 11.1 Å². The summed E-state index contributed by atoms with van der Waals surface area (Å²) in [4.78, 5) is 16.4. The van der Waals surface area contributed by atoms with Crippen molar-refractivity contribution in [2.24, 2.45) is 0 Å². The van der Waals surface area contributed by atoms with Crippen LogP contribution < -0.4 is 10.2 Å². The molecule has 3 N–H and O–H groups in total. The Morgan fingerprint density at radius 1 is 0.962 bits per heavy atom. The third-order valence-electron chi connectivity index (χ3n) is 4.86. The Labute approximate surface area is 152 Å². The van der Waals surface area contributed by atoms with Crippen LogP contribution in [0.15, 0.2) is 54.3 Å². The van der Waals surface area contributed by atoms with Crippen LogP contribution >= 0.6 is 0 Å². The highest BCUT2D eigenvalue weighted by atomic mass is 16.3. The van der Waals surface area contributed by atoms with E-state index < -0.39 is 0 Å². The zero-order valence-corrected chi connectivity index (χ0v) is 14.4. The monoisotopic (exact) mass is 351 g/mol. The number of hydrogen-bond donors (Lipinski definition) is 3. The molecule has 0 aliphatic carbocycles. The summed E-state index contributed by atoms with van der Waals surface area (Å²) in [5, 5.41) is 23.4. The topological polar surface area (TPSA) is 76.0 Å². The second-order valence-electron chi connectivity index (χ2n) is 6.49. The van der Waals surface area contributed by atoms with Gasteiger partial charge in [-0.15, -0.1) is 0 Å². The lowest BCUT2D eigenvalue weighted by atomic mass is 10.0. The van der Waals surface area contributed by atoms with Gasteiger partial charge in [0, 0.05) is 43.0 Å². The van der Waals surface area contributed by atoms with Gasteiger partial charge in [-0.05, 0) is 36.4 Å². The lowest BCUT2D eigenvalue weighted by Crippen LogP contribution is -2.46. The van der Waals surface area contributed by atoms with E-state index in [1.165, 1.54) is 0 Å². The first-order chi connectivity index (χ1) is 12.6. The molecule has 2 aliphatic rings. The molecule has 6 nitrogen and oxygen atoms in total. The van der Waals surface area contributed by atoms with Gasteiger partial charge in [0.1, 0.15) is 0 Å². The zero-order valence-electron chi connectivity index (χ0n) is 14.4. The maximum absolute atomic E-state index is 12.6. The van der Waals surface area contributed by atoms with Crippen LogP contribution in [0, 0.1) is 0 Å². The number of carbonyl (C=O) groups excluding carboxylic acids is 1. The number of para-hydroxylation sites is 1. The van der Waals surface area contributed by atoms with Gasteiger partial charge in [-0.1, -0.05) is 12.1 Å². The summed E-state index contributed by atoms with van der Waals surface area (Å²) in [6, 6.07) is 14.8. The number of rotatable bonds is 2. The van der Waals surface area contributed by atoms with Crippen molar-refractivity contribution < 1.29 is 15.0 Å². The van der Waals surface area contributed by atoms with Gasteiger partial charge in [0.15, 0.2) is 11.5 Å². The molecule has 2 aromatic rings. The maximum atomic E-state index is 12.6. The Kier molecular flexibility index (Phi) is 4.26. The summed E-state index contributed by atoms with van der Waals surface area (Å²) in [5.74, 6) is -0.107. The molecule has 4 rings (SSSR count). The quantitative estimate of drug-likeness (QED) is 0.776. The molecule has 0 atom stereocenters. The molecule has 26 heavy (non-hydrogen) atoms. The molecule has 0 radical (unpaired) electrons. The van der Waals surface area contributed by atoms with Crippen LogP contribution in [0.5, 0.6) is 0 Å². The molecular weight excluding hydrogens is 330 g/mol. The van der Waals surface area contributed by atoms with Crippen molar-refractivity contribution in [1.82, 2.24) is 10.2 Å². The molecule has 0 spiro atoms. The fourth-order valence-electron chi connectivity index (χ4n) is 3.44. The van der Waals surface area contributed by atoms with E-state index in [0.717, 1.165) is 37.6 Å². The number of carbonyl (C=O) groups is 1. The standard InChI is InChI=1S/C20H21N3O3/c24-18-13-23(17-4-2-1-3-16(17)19(18)25)15-7-5-14(6-8-15)20(26)22-11-9-21-10-12-22/h1-8,21,24-25H,9-13H2. The van der Waals surface area contributed by atoms with Gasteiger partial charge < -0.3 is 25.3 Å². The molecule has 2 aromatic carbocycles. The second-order valence-corrected chi connectivity index (χ2v) is 6.49. The third kappa shape index (κ3) is 2.88. The first-order valence-electron chi connectivity index (χ1n) is 8.73. The zero-order chi connectivity index (χ0) is 18.1. The van der Waals surface area contributed by atoms with Gasteiger partial charge in [0.25, 0.3) is 5.91 Å². The van der Waals surface area contributed by atoms with Crippen LogP contribution in [0.2, 0.25) is 0 Å². The molecule has 2 heterocycles. The van der Waals surface area contributed by atoms with Gasteiger partial charge in [-0.3, -0.25) is 4.79 Å². The highest BCUT2D eigenvalue weighted by molar-refractivity contribution is 5.95. The first-order valence-corrected chi connectivity index (χ1v) is 8.73. The lowest BCUT2D eigenvalue weighted by molar-refractivity contribution is 0.0736. The number of aliphatic hydroxyl groups is 2. The molecule has 6 heteroatoms. The van der Waals surface area contributed by atoms with Gasteiger partial charge in [0.05, 0.1) is 12.2 Å². The van der Waals surface area contributed by atoms with Gasteiger partial charge >= 0.3 is 0 Å². The van der Waals surface area contributed by atoms with E-state index in [-0.39, 0.29) is 24.0 Å². The molecule has 0 aromatic heterocycles. The highest BCUT2D eigenvalue weighted by Gasteiger charge is 2.25. The van der Waals surface area contributed by atoms with Crippen molar-refractivity contribution in [1.29, 1.82) is 0 Å². The van der Waals surface area contributed by atoms with Crippen molar-refractivity contribution >= 4 is 23.0 Å². The van der Waals surface area contributed by atoms with Gasteiger partial charge in [0.2, 0.25) is 0 Å². The minimum Gasteiger partial charge on any atom is -0.507 e. The number of fused-ring (bicyclic) bond motifs is 1. The molecule has 0 unspecified atom stereocenters. The van der Waals surface area contributed by atoms with Crippen LogP contribution in [0.4, 0.5) is 11.4 Å². The summed E-state index contributed by atoms with van der Waals surface area (Å²) < 4.78 is 0. The van der Waals surface area contributed by atoms with Crippen molar-refractivity contribution in [3.8, 4) is 0 Å². The smallest absolute Gasteiger partial charge is 0.253 e. The van der Waals surface area contributed by atoms with Crippen LogP contribution in [0.25, 0.3) is 5.76 Å². The summed E-state index contributed by atoms with van der Waals surface area (Å²) in [6.45, 7) is 3.27. The Morgan fingerprint density at radius 2 is 1.65 bits per heavy atom. The van der Waals surface area contributed by atoms with E-state index in [4.69, 9.17) is 0 Å². The minimum atomic E-state index is -0.0812. The fraction of sp³-hybridized carbons (Fsp3) is 0.250. The third-order valence-corrected chi connectivity index (χ3v) is 4.86. The van der Waals surface area contributed by atoms with E-state index in [1.807, 2.05) is 52.3 Å². The molecular formula is C20H21N3O3. The lowest BCUT2D eigenvalue weighted by Gasteiger charge is -2.31. The number of hydrogen-bond acceptors (Lipinski definition) is 5. The van der Waals surface area contributed by atoms with Gasteiger partial charge in [-0.2, -0.15) is 0 Å². The van der Waals surface area contributed by atoms with Gasteiger partial charge in [-0.25, -0.2) is 0 Å². The van der Waals surface area contributed by atoms with Crippen molar-refractivity contribution in [2.75, 3.05) is 37.6 Å². The van der Waals surface area contributed by atoms with E-state index >= 15 is 0 Å². The Hall–Kier alpha value is -2.99. The summed E-state index contributed by atoms with van der Waals surface area (Å²) in [7, 11) is 0. The average Bonchev–Trinajstić information content (AvgIpc) is 2.71. The Balaban J connectivity index is 1.60. The highest BCUT2D eigenvalue weighted by Crippen LogP contribution is 2.37. The number of nitrogens with one attached hydrogen (secondary N) is 1. The minimum absolute atomic E-state index is 0.0393. The summed E-state index contributed by atoms with van der Waals surface area (Å²) in [5.41, 5.74) is 2.93. The largest absolute Gasteiger partial charge is 0.507 e. The number of benzene rings is 2. The van der Waals surface area contributed by atoms with E-state index in [9.17, 15) is 15.0 Å².